The Balaban J connectivity index is 2.27. The molecule has 4 heteroatoms. The summed E-state index contributed by atoms with van der Waals surface area (Å²) >= 11 is 0. The maximum Gasteiger partial charge on any atom is 0.267 e. The maximum absolute atomic E-state index is 12.2. The van der Waals surface area contributed by atoms with Crippen LogP contribution < -0.4 is 9.64 Å². The fourth-order valence-corrected chi connectivity index (χ4v) is 2.30. The average Bonchev–Trinajstić information content (AvgIpc) is 2.43. The molecule has 1 heterocycles. The predicted molar refractivity (Wildman–Crippen MR) is 74.3 cm³/mol. The first-order valence-corrected chi connectivity index (χ1v) is 6.89. The van der Waals surface area contributed by atoms with Crippen molar-refractivity contribution in [1.82, 2.24) is 0 Å². The van der Waals surface area contributed by atoms with Gasteiger partial charge in [-0.1, -0.05) is 25.8 Å². The zero-order valence-electron chi connectivity index (χ0n) is 11.6. The minimum atomic E-state index is -0.436. The number of amides is 1. The van der Waals surface area contributed by atoms with Crippen LogP contribution in [0, 0.1) is 0 Å². The molecular weight excluding hydrogens is 242 g/mol. The number of aliphatic hydroxyl groups excluding tert-OH is 1. The number of carbonyl (C=O) groups excluding carboxylic acids is 1. The number of benzene rings is 1. The van der Waals surface area contributed by atoms with Crippen molar-refractivity contribution in [3.05, 3.63) is 23.8 Å². The van der Waals surface area contributed by atoms with Gasteiger partial charge in [-0.3, -0.25) is 4.79 Å². The second kappa shape index (κ2) is 6.06. The lowest BCUT2D eigenvalue weighted by atomic mass is 10.1. The predicted octanol–water partition coefficient (Wildman–Crippen LogP) is 2.48. The summed E-state index contributed by atoms with van der Waals surface area (Å²) in [6, 6.07) is 5.49. The number of carbonyl (C=O) groups is 1. The van der Waals surface area contributed by atoms with Crippen LogP contribution in [0.2, 0.25) is 0 Å². The highest BCUT2D eigenvalue weighted by molar-refractivity contribution is 5.99. The SMILES string of the molecule is CCCCCN1C(=O)C(C)Oc2ccc(CO)cc21. The van der Waals surface area contributed by atoms with Crippen LogP contribution in [0.1, 0.15) is 38.7 Å². The van der Waals surface area contributed by atoms with E-state index in [9.17, 15) is 9.90 Å². The maximum atomic E-state index is 12.2. The Labute approximate surface area is 114 Å². The summed E-state index contributed by atoms with van der Waals surface area (Å²) in [5.41, 5.74) is 1.58. The third-order valence-electron chi connectivity index (χ3n) is 3.40. The molecule has 0 saturated heterocycles. The highest BCUT2D eigenvalue weighted by Gasteiger charge is 2.31. The Morgan fingerprint density at radius 1 is 1.37 bits per heavy atom. The first-order valence-electron chi connectivity index (χ1n) is 6.89. The first kappa shape index (κ1) is 13.9. The molecule has 19 heavy (non-hydrogen) atoms. The van der Waals surface area contributed by atoms with Gasteiger partial charge in [-0.25, -0.2) is 0 Å². The van der Waals surface area contributed by atoms with Crippen LogP contribution in [0.3, 0.4) is 0 Å². The largest absolute Gasteiger partial charge is 0.479 e. The van der Waals surface area contributed by atoms with E-state index in [1.54, 1.807) is 11.8 Å². The van der Waals surface area contributed by atoms with Crippen molar-refractivity contribution in [2.45, 2.75) is 45.8 Å². The Hall–Kier alpha value is -1.55. The van der Waals surface area contributed by atoms with E-state index in [1.165, 1.54) is 0 Å². The lowest BCUT2D eigenvalue weighted by molar-refractivity contribution is -0.125. The number of nitrogens with zero attached hydrogens (tertiary/aromatic N) is 1. The summed E-state index contributed by atoms with van der Waals surface area (Å²) < 4.78 is 5.61. The van der Waals surface area contributed by atoms with Crippen LogP contribution in [0.25, 0.3) is 0 Å². The number of rotatable bonds is 5. The Morgan fingerprint density at radius 2 is 2.16 bits per heavy atom. The van der Waals surface area contributed by atoms with Gasteiger partial charge in [-0.2, -0.15) is 0 Å². The molecule has 0 saturated carbocycles. The number of fused-ring (bicyclic) bond motifs is 1. The van der Waals surface area contributed by atoms with Gasteiger partial charge >= 0.3 is 0 Å². The molecule has 1 amide bonds. The summed E-state index contributed by atoms with van der Waals surface area (Å²) in [4.78, 5) is 14.0. The number of ether oxygens (including phenoxy) is 1. The summed E-state index contributed by atoms with van der Waals surface area (Å²) in [7, 11) is 0. The minimum Gasteiger partial charge on any atom is -0.479 e. The number of aliphatic hydroxyl groups is 1. The smallest absolute Gasteiger partial charge is 0.267 e. The summed E-state index contributed by atoms with van der Waals surface area (Å²) in [5, 5.41) is 9.21. The molecule has 0 aliphatic carbocycles. The minimum absolute atomic E-state index is 0.00121. The number of unbranched alkanes of at least 4 members (excludes halogenated alkanes) is 2. The third kappa shape index (κ3) is 2.89. The van der Waals surface area contributed by atoms with E-state index in [1.807, 2.05) is 18.2 Å². The molecule has 104 valence electrons. The summed E-state index contributed by atoms with van der Waals surface area (Å²) in [6.45, 7) is 4.60. The van der Waals surface area contributed by atoms with Crippen molar-refractivity contribution < 1.29 is 14.6 Å². The lowest BCUT2D eigenvalue weighted by Crippen LogP contribution is -2.44. The van der Waals surface area contributed by atoms with Gasteiger partial charge in [-0.05, 0) is 31.0 Å². The van der Waals surface area contributed by atoms with Crippen LogP contribution in [0.15, 0.2) is 18.2 Å². The molecule has 1 unspecified atom stereocenters. The standard InChI is InChI=1S/C15H21NO3/c1-3-4-5-8-16-13-9-12(10-17)6-7-14(13)19-11(2)15(16)18/h6-7,9,11,17H,3-5,8,10H2,1-2H3. The lowest BCUT2D eigenvalue weighted by Gasteiger charge is -2.33. The van der Waals surface area contributed by atoms with E-state index in [-0.39, 0.29) is 12.5 Å². The van der Waals surface area contributed by atoms with Crippen LogP contribution in [0.4, 0.5) is 5.69 Å². The van der Waals surface area contributed by atoms with Crippen molar-refractivity contribution in [2.24, 2.45) is 0 Å². The molecule has 0 spiro atoms. The molecule has 1 aromatic rings. The number of hydrogen-bond donors (Lipinski definition) is 1. The zero-order valence-corrected chi connectivity index (χ0v) is 11.6. The highest BCUT2D eigenvalue weighted by atomic mass is 16.5. The van der Waals surface area contributed by atoms with Gasteiger partial charge in [0.25, 0.3) is 5.91 Å². The number of anilines is 1. The average molecular weight is 263 g/mol. The molecule has 1 aliphatic rings. The van der Waals surface area contributed by atoms with Gasteiger partial charge in [0.1, 0.15) is 5.75 Å². The van der Waals surface area contributed by atoms with Crippen molar-refractivity contribution in [2.75, 3.05) is 11.4 Å². The van der Waals surface area contributed by atoms with Crippen molar-refractivity contribution in [3.8, 4) is 5.75 Å². The van der Waals surface area contributed by atoms with E-state index < -0.39 is 6.10 Å². The van der Waals surface area contributed by atoms with Gasteiger partial charge < -0.3 is 14.7 Å². The van der Waals surface area contributed by atoms with Crippen molar-refractivity contribution >= 4 is 11.6 Å². The molecule has 0 radical (unpaired) electrons. The summed E-state index contributed by atoms with van der Waals surface area (Å²) in [5.74, 6) is 0.722. The van der Waals surface area contributed by atoms with Gasteiger partial charge in [0, 0.05) is 6.54 Å². The summed E-state index contributed by atoms with van der Waals surface area (Å²) in [6.07, 6.45) is 2.78. The highest BCUT2D eigenvalue weighted by Crippen LogP contribution is 2.35. The topological polar surface area (TPSA) is 49.8 Å². The van der Waals surface area contributed by atoms with Crippen LogP contribution >= 0.6 is 0 Å². The molecule has 0 bridgehead atoms. The Bertz CT molecular complexity index is 459. The van der Waals surface area contributed by atoms with E-state index in [0.717, 1.165) is 36.3 Å². The van der Waals surface area contributed by atoms with Crippen LogP contribution in [0.5, 0.6) is 5.75 Å². The van der Waals surface area contributed by atoms with Crippen molar-refractivity contribution in [3.63, 3.8) is 0 Å². The molecular formula is C15H21NO3. The third-order valence-corrected chi connectivity index (χ3v) is 3.40. The molecule has 1 aromatic carbocycles. The van der Waals surface area contributed by atoms with Crippen LogP contribution in [-0.2, 0) is 11.4 Å². The Morgan fingerprint density at radius 3 is 2.84 bits per heavy atom. The van der Waals surface area contributed by atoms with Gasteiger partial charge in [0.05, 0.1) is 12.3 Å². The molecule has 1 N–H and O–H groups in total. The van der Waals surface area contributed by atoms with E-state index >= 15 is 0 Å². The molecule has 0 fully saturated rings. The second-order valence-electron chi connectivity index (χ2n) is 4.92. The molecule has 4 nitrogen and oxygen atoms in total. The number of hydrogen-bond acceptors (Lipinski definition) is 3. The molecule has 1 atom stereocenters. The monoisotopic (exact) mass is 263 g/mol. The second-order valence-corrected chi connectivity index (χ2v) is 4.92. The van der Waals surface area contributed by atoms with Crippen LogP contribution in [-0.4, -0.2) is 23.7 Å². The Kier molecular flexibility index (Phi) is 4.43. The quantitative estimate of drug-likeness (QED) is 0.830. The zero-order chi connectivity index (χ0) is 13.8. The first-order chi connectivity index (χ1) is 9.17. The molecule has 2 rings (SSSR count). The van der Waals surface area contributed by atoms with Gasteiger partial charge in [-0.15, -0.1) is 0 Å². The fourth-order valence-electron chi connectivity index (χ4n) is 2.30. The molecule has 0 aromatic heterocycles. The van der Waals surface area contributed by atoms with E-state index in [0.29, 0.717) is 6.54 Å². The van der Waals surface area contributed by atoms with E-state index in [2.05, 4.69) is 6.92 Å². The fraction of sp³-hybridized carbons (Fsp3) is 0.533. The van der Waals surface area contributed by atoms with E-state index in [4.69, 9.17) is 4.74 Å². The van der Waals surface area contributed by atoms with Crippen molar-refractivity contribution in [1.29, 1.82) is 0 Å². The van der Waals surface area contributed by atoms with Gasteiger partial charge in [0.15, 0.2) is 6.10 Å². The van der Waals surface area contributed by atoms with Gasteiger partial charge in [0.2, 0.25) is 0 Å². The molecule has 1 aliphatic heterocycles. The normalized spacial score (nSPS) is 18.2.